The molecular weight excluding hydrogens is 293 g/mol. The van der Waals surface area contributed by atoms with Crippen molar-refractivity contribution in [3.63, 3.8) is 0 Å². The zero-order valence-electron chi connectivity index (χ0n) is 11.5. The van der Waals surface area contributed by atoms with E-state index in [1.165, 1.54) is 36.6 Å². The molecule has 0 radical (unpaired) electrons. The Kier molecular flexibility index (Phi) is 5.30. The van der Waals surface area contributed by atoms with Crippen molar-refractivity contribution in [3.05, 3.63) is 52.0 Å². The molecule has 0 aliphatic heterocycles. The number of rotatable bonds is 6. The summed E-state index contributed by atoms with van der Waals surface area (Å²) in [7, 11) is 1.34. The van der Waals surface area contributed by atoms with Gasteiger partial charge in [0.15, 0.2) is 0 Å². The maximum absolute atomic E-state index is 13.2. The number of thiophene rings is 1. The molecule has 2 aromatic rings. The van der Waals surface area contributed by atoms with Crippen LogP contribution < -0.4 is 5.32 Å². The zero-order chi connectivity index (χ0) is 15.2. The van der Waals surface area contributed by atoms with E-state index in [0.717, 1.165) is 4.88 Å². The Morgan fingerprint density at radius 1 is 1.48 bits per heavy atom. The lowest BCUT2D eigenvalue weighted by atomic mass is 10.1. The summed E-state index contributed by atoms with van der Waals surface area (Å²) in [4.78, 5) is 12.5. The smallest absolute Gasteiger partial charge is 0.307 e. The normalized spacial score (nSPS) is 12.1. The van der Waals surface area contributed by atoms with Gasteiger partial charge in [-0.05, 0) is 29.6 Å². The second-order valence-electron chi connectivity index (χ2n) is 4.50. The standard InChI is InChI=1S/C15H16FNO3S/c1-20-15(19)8-12(14-3-2-6-21-14)17-9-10-7-11(16)4-5-13(10)18/h2-7,12,17-18H,8-9H2,1H3. The number of benzene rings is 1. The van der Waals surface area contributed by atoms with E-state index in [1.807, 2.05) is 17.5 Å². The van der Waals surface area contributed by atoms with Gasteiger partial charge in [0.05, 0.1) is 19.6 Å². The first-order valence-corrected chi connectivity index (χ1v) is 7.29. The van der Waals surface area contributed by atoms with E-state index in [0.29, 0.717) is 5.56 Å². The molecule has 1 unspecified atom stereocenters. The van der Waals surface area contributed by atoms with E-state index >= 15 is 0 Å². The molecule has 21 heavy (non-hydrogen) atoms. The molecule has 1 aromatic heterocycles. The summed E-state index contributed by atoms with van der Waals surface area (Å²) in [6.45, 7) is 0.253. The number of hydrogen-bond donors (Lipinski definition) is 2. The van der Waals surface area contributed by atoms with Gasteiger partial charge >= 0.3 is 5.97 Å². The number of halogens is 1. The number of nitrogens with one attached hydrogen (secondary N) is 1. The lowest BCUT2D eigenvalue weighted by molar-refractivity contribution is -0.141. The van der Waals surface area contributed by atoms with Gasteiger partial charge in [0.1, 0.15) is 11.6 Å². The molecule has 1 aromatic carbocycles. The predicted molar refractivity (Wildman–Crippen MR) is 78.6 cm³/mol. The molecule has 2 N–H and O–H groups in total. The summed E-state index contributed by atoms with van der Waals surface area (Å²) < 4.78 is 17.9. The van der Waals surface area contributed by atoms with Gasteiger partial charge in [0, 0.05) is 17.0 Å². The van der Waals surface area contributed by atoms with Gasteiger partial charge in [-0.2, -0.15) is 0 Å². The third kappa shape index (κ3) is 4.27. The molecule has 6 heteroatoms. The van der Waals surface area contributed by atoms with Gasteiger partial charge in [0.25, 0.3) is 0 Å². The molecule has 0 amide bonds. The van der Waals surface area contributed by atoms with Crippen LogP contribution >= 0.6 is 11.3 Å². The fourth-order valence-electron chi connectivity index (χ4n) is 1.94. The largest absolute Gasteiger partial charge is 0.508 e. The SMILES string of the molecule is COC(=O)CC(NCc1cc(F)ccc1O)c1cccs1. The number of hydrogen-bond acceptors (Lipinski definition) is 5. The van der Waals surface area contributed by atoms with Crippen molar-refractivity contribution >= 4 is 17.3 Å². The molecule has 1 heterocycles. The number of carbonyl (C=O) groups excluding carboxylic acids is 1. The molecule has 4 nitrogen and oxygen atoms in total. The van der Waals surface area contributed by atoms with Crippen molar-refractivity contribution < 1.29 is 19.0 Å². The van der Waals surface area contributed by atoms with Crippen molar-refractivity contribution in [1.29, 1.82) is 0 Å². The summed E-state index contributed by atoms with van der Waals surface area (Å²) in [6.07, 6.45) is 0.174. The average Bonchev–Trinajstić information content (AvgIpc) is 3.00. The molecule has 1 atom stereocenters. The first kappa shape index (κ1) is 15.5. The van der Waals surface area contributed by atoms with Crippen molar-refractivity contribution in [2.45, 2.75) is 19.0 Å². The van der Waals surface area contributed by atoms with Crippen LogP contribution in [0.25, 0.3) is 0 Å². The maximum atomic E-state index is 13.2. The fraction of sp³-hybridized carbons (Fsp3) is 0.267. The first-order chi connectivity index (χ1) is 10.1. The Bertz CT molecular complexity index is 601. The van der Waals surface area contributed by atoms with Crippen LogP contribution in [0.1, 0.15) is 22.9 Å². The van der Waals surface area contributed by atoms with Gasteiger partial charge < -0.3 is 15.2 Å². The number of aromatic hydroxyl groups is 1. The highest BCUT2D eigenvalue weighted by molar-refractivity contribution is 7.10. The molecule has 0 bridgehead atoms. The number of esters is 1. The van der Waals surface area contributed by atoms with Gasteiger partial charge in [-0.25, -0.2) is 4.39 Å². The van der Waals surface area contributed by atoms with E-state index in [1.54, 1.807) is 0 Å². The Morgan fingerprint density at radius 2 is 2.29 bits per heavy atom. The summed E-state index contributed by atoms with van der Waals surface area (Å²) in [5, 5.41) is 14.8. The maximum Gasteiger partial charge on any atom is 0.307 e. The average molecular weight is 309 g/mol. The Balaban J connectivity index is 2.08. The third-order valence-electron chi connectivity index (χ3n) is 3.07. The Labute approximate surface area is 126 Å². The number of methoxy groups -OCH3 is 1. The highest BCUT2D eigenvalue weighted by Gasteiger charge is 2.17. The van der Waals surface area contributed by atoms with Crippen LogP contribution in [-0.4, -0.2) is 18.2 Å². The summed E-state index contributed by atoms with van der Waals surface area (Å²) in [5.74, 6) is -0.721. The highest BCUT2D eigenvalue weighted by atomic mass is 32.1. The Hall–Kier alpha value is -1.92. The second kappa shape index (κ2) is 7.19. The van der Waals surface area contributed by atoms with E-state index in [9.17, 15) is 14.3 Å². The molecule has 0 saturated heterocycles. The minimum Gasteiger partial charge on any atom is -0.508 e. The third-order valence-corrected chi connectivity index (χ3v) is 4.05. The molecule has 0 spiro atoms. The number of phenolic OH excluding ortho intramolecular Hbond substituents is 1. The van der Waals surface area contributed by atoms with Crippen molar-refractivity contribution in [3.8, 4) is 5.75 Å². The molecule has 0 saturated carbocycles. The molecule has 2 rings (SSSR count). The van der Waals surface area contributed by atoms with Crippen LogP contribution in [0.5, 0.6) is 5.75 Å². The Morgan fingerprint density at radius 3 is 2.95 bits per heavy atom. The molecule has 0 aliphatic carbocycles. The van der Waals surface area contributed by atoms with Crippen molar-refractivity contribution in [2.75, 3.05) is 7.11 Å². The molecule has 112 valence electrons. The minimum atomic E-state index is -0.412. The lowest BCUT2D eigenvalue weighted by Crippen LogP contribution is -2.23. The van der Waals surface area contributed by atoms with Crippen molar-refractivity contribution in [1.82, 2.24) is 5.32 Å². The minimum absolute atomic E-state index is 0.0203. The van der Waals surface area contributed by atoms with Crippen molar-refractivity contribution in [2.24, 2.45) is 0 Å². The zero-order valence-corrected chi connectivity index (χ0v) is 12.3. The number of phenols is 1. The van der Waals surface area contributed by atoms with E-state index in [-0.39, 0.29) is 30.7 Å². The van der Waals surface area contributed by atoms with Gasteiger partial charge in [-0.1, -0.05) is 6.07 Å². The van der Waals surface area contributed by atoms with Crippen LogP contribution in [0.15, 0.2) is 35.7 Å². The highest BCUT2D eigenvalue weighted by Crippen LogP contribution is 2.24. The molecular formula is C15H16FNO3S. The van der Waals surface area contributed by atoms with Crippen LogP contribution in [0.3, 0.4) is 0 Å². The first-order valence-electron chi connectivity index (χ1n) is 6.41. The van der Waals surface area contributed by atoms with Gasteiger partial charge in [-0.3, -0.25) is 4.79 Å². The molecule has 0 fully saturated rings. The van der Waals surface area contributed by atoms with E-state index in [4.69, 9.17) is 0 Å². The monoisotopic (exact) mass is 309 g/mol. The summed E-state index contributed by atoms with van der Waals surface area (Å²) in [5.41, 5.74) is 0.446. The summed E-state index contributed by atoms with van der Waals surface area (Å²) >= 11 is 1.52. The number of ether oxygens (including phenoxy) is 1. The van der Waals surface area contributed by atoms with Crippen LogP contribution in [0, 0.1) is 5.82 Å². The molecule has 0 aliphatic rings. The fourth-order valence-corrected chi connectivity index (χ4v) is 2.74. The second-order valence-corrected chi connectivity index (χ2v) is 5.48. The van der Waals surface area contributed by atoms with E-state index in [2.05, 4.69) is 10.1 Å². The summed E-state index contributed by atoms with van der Waals surface area (Å²) in [6, 6.07) is 7.35. The quantitative estimate of drug-likeness (QED) is 0.805. The topological polar surface area (TPSA) is 58.6 Å². The lowest BCUT2D eigenvalue weighted by Gasteiger charge is -2.17. The van der Waals surface area contributed by atoms with Crippen LogP contribution in [-0.2, 0) is 16.1 Å². The van der Waals surface area contributed by atoms with Crippen LogP contribution in [0.2, 0.25) is 0 Å². The van der Waals surface area contributed by atoms with Gasteiger partial charge in [0.2, 0.25) is 0 Å². The van der Waals surface area contributed by atoms with Crippen LogP contribution in [0.4, 0.5) is 4.39 Å². The predicted octanol–water partition coefficient (Wildman–Crippen LogP) is 2.99. The number of carbonyl (C=O) groups is 1. The van der Waals surface area contributed by atoms with Gasteiger partial charge in [-0.15, -0.1) is 11.3 Å². The van der Waals surface area contributed by atoms with E-state index < -0.39 is 5.82 Å².